The molecule has 0 unspecified atom stereocenters. The molecule has 3 heterocycles. The lowest BCUT2D eigenvalue weighted by Gasteiger charge is -2.11. The molecule has 0 atom stereocenters. The molecule has 8 heteroatoms. The Hall–Kier alpha value is -3.00. The van der Waals surface area contributed by atoms with Crippen LogP contribution in [0.2, 0.25) is 0 Å². The summed E-state index contributed by atoms with van der Waals surface area (Å²) in [7, 11) is 1.57. The summed E-state index contributed by atoms with van der Waals surface area (Å²) < 4.78 is 32.7. The Labute approximate surface area is 157 Å². The molecule has 4 rings (SSSR count). The first-order valence-corrected chi connectivity index (χ1v) is 9.17. The molecule has 0 spiro atoms. The molecule has 2 aromatic heterocycles. The Bertz CT molecular complexity index is 1080. The van der Waals surface area contributed by atoms with Crippen molar-refractivity contribution in [2.24, 2.45) is 0 Å². The van der Waals surface area contributed by atoms with E-state index in [-0.39, 0.29) is 11.5 Å². The van der Waals surface area contributed by atoms with Crippen molar-refractivity contribution in [1.82, 2.24) is 14.9 Å². The van der Waals surface area contributed by atoms with E-state index in [2.05, 4.69) is 9.97 Å². The zero-order valence-corrected chi connectivity index (χ0v) is 15.2. The van der Waals surface area contributed by atoms with Gasteiger partial charge in [-0.2, -0.15) is 0 Å². The number of nitrogens with zero attached hydrogens (tertiary/aromatic N) is 3. The van der Waals surface area contributed by atoms with Crippen LogP contribution in [0.25, 0.3) is 23.2 Å². The molecular formula is C19H13F2N3O2S. The van der Waals surface area contributed by atoms with E-state index >= 15 is 0 Å². The fourth-order valence-corrected chi connectivity index (χ4v) is 3.24. The number of amides is 1. The lowest BCUT2D eigenvalue weighted by Crippen LogP contribution is -2.17. The molecule has 1 aliphatic heterocycles. The van der Waals surface area contributed by atoms with Gasteiger partial charge in [-0.3, -0.25) is 4.79 Å². The summed E-state index contributed by atoms with van der Waals surface area (Å²) in [6.07, 6.45) is 4.79. The van der Waals surface area contributed by atoms with E-state index in [0.717, 1.165) is 12.1 Å². The number of hydrogen-bond acceptors (Lipinski definition) is 5. The van der Waals surface area contributed by atoms with Crippen LogP contribution in [0.3, 0.4) is 0 Å². The number of furan rings is 1. The molecule has 5 nitrogen and oxygen atoms in total. The van der Waals surface area contributed by atoms with Gasteiger partial charge in [0.1, 0.15) is 23.0 Å². The van der Waals surface area contributed by atoms with E-state index in [1.54, 1.807) is 19.2 Å². The van der Waals surface area contributed by atoms with Crippen molar-refractivity contribution in [1.29, 1.82) is 0 Å². The minimum Gasteiger partial charge on any atom is -0.463 e. The molecule has 136 valence electrons. The van der Waals surface area contributed by atoms with Crippen LogP contribution in [0.15, 0.2) is 46.2 Å². The summed E-state index contributed by atoms with van der Waals surface area (Å²) in [5.74, 6) is -1.27. The highest BCUT2D eigenvalue weighted by molar-refractivity contribution is 7.98. The quantitative estimate of drug-likeness (QED) is 0.496. The molecule has 0 aliphatic carbocycles. The number of thioether (sulfide) groups is 1. The minimum absolute atomic E-state index is 0.155. The third-order valence-electron chi connectivity index (χ3n) is 4.20. The van der Waals surface area contributed by atoms with Gasteiger partial charge in [-0.15, -0.1) is 0 Å². The average molecular weight is 385 g/mol. The second kappa shape index (κ2) is 6.62. The summed E-state index contributed by atoms with van der Waals surface area (Å²) in [4.78, 5) is 23.1. The summed E-state index contributed by atoms with van der Waals surface area (Å²) in [5.41, 5.74) is 1.62. The number of benzene rings is 1. The zero-order valence-electron chi connectivity index (χ0n) is 14.4. The van der Waals surface area contributed by atoms with Crippen molar-refractivity contribution in [3.63, 3.8) is 0 Å². The first-order valence-electron chi connectivity index (χ1n) is 7.94. The normalized spacial score (nSPS) is 14.9. The van der Waals surface area contributed by atoms with Crippen molar-refractivity contribution in [2.45, 2.75) is 5.16 Å². The standard InChI is InChI=1S/C19H13F2N3O2S/c1-24-13(8-10-5-6-11(20)9-12(10)21)16-15(18(24)25)17(14-4-3-7-26-14)23-19(22-16)27-2/h3-9H,1-2H3/b13-8-. The number of aromatic nitrogens is 2. The van der Waals surface area contributed by atoms with Crippen molar-refractivity contribution >= 4 is 29.4 Å². The lowest BCUT2D eigenvalue weighted by molar-refractivity contribution is 0.0875. The molecule has 0 saturated carbocycles. The van der Waals surface area contributed by atoms with Gasteiger partial charge in [-0.05, 0) is 36.6 Å². The van der Waals surface area contributed by atoms with Crippen LogP contribution in [0.1, 0.15) is 21.6 Å². The number of hydrogen-bond donors (Lipinski definition) is 0. The molecule has 0 radical (unpaired) electrons. The summed E-state index contributed by atoms with van der Waals surface area (Å²) in [6, 6.07) is 6.69. The zero-order chi connectivity index (χ0) is 19.1. The second-order valence-corrected chi connectivity index (χ2v) is 6.59. The van der Waals surface area contributed by atoms with Crippen LogP contribution in [-0.2, 0) is 0 Å². The summed E-state index contributed by atoms with van der Waals surface area (Å²) in [6.45, 7) is 0. The molecule has 3 aromatic rings. The smallest absolute Gasteiger partial charge is 0.262 e. The lowest BCUT2D eigenvalue weighted by atomic mass is 10.1. The molecule has 0 N–H and O–H groups in total. The molecule has 0 bridgehead atoms. The van der Waals surface area contributed by atoms with Gasteiger partial charge < -0.3 is 9.32 Å². The first kappa shape index (κ1) is 17.4. The Morgan fingerprint density at radius 2 is 1.96 bits per heavy atom. The van der Waals surface area contributed by atoms with E-state index in [4.69, 9.17) is 4.42 Å². The van der Waals surface area contributed by atoms with Crippen LogP contribution in [0.5, 0.6) is 0 Å². The van der Waals surface area contributed by atoms with Gasteiger partial charge in [0.25, 0.3) is 5.91 Å². The first-order chi connectivity index (χ1) is 13.0. The predicted molar refractivity (Wildman–Crippen MR) is 97.8 cm³/mol. The fourth-order valence-electron chi connectivity index (χ4n) is 2.88. The number of fused-ring (bicyclic) bond motifs is 1. The van der Waals surface area contributed by atoms with Crippen molar-refractivity contribution < 1.29 is 18.0 Å². The number of rotatable bonds is 3. The van der Waals surface area contributed by atoms with Gasteiger partial charge in [0.15, 0.2) is 10.9 Å². The maximum Gasteiger partial charge on any atom is 0.262 e. The number of carbonyl (C=O) groups is 1. The molecule has 1 aromatic carbocycles. The van der Waals surface area contributed by atoms with Crippen LogP contribution in [0, 0.1) is 11.6 Å². The Kier molecular flexibility index (Phi) is 4.27. The highest BCUT2D eigenvalue weighted by Crippen LogP contribution is 2.38. The SMILES string of the molecule is CSc1nc2c(c(-c3ccco3)n1)C(=O)N(C)/C2=C\c1ccc(F)cc1F. The van der Waals surface area contributed by atoms with Crippen LogP contribution in [-0.4, -0.2) is 34.1 Å². The van der Waals surface area contributed by atoms with Crippen molar-refractivity contribution in [3.05, 3.63) is 65.1 Å². The van der Waals surface area contributed by atoms with Crippen LogP contribution >= 0.6 is 11.8 Å². The van der Waals surface area contributed by atoms with E-state index in [1.165, 1.54) is 35.1 Å². The molecule has 0 saturated heterocycles. The topological polar surface area (TPSA) is 59.2 Å². The maximum atomic E-state index is 14.1. The van der Waals surface area contributed by atoms with Crippen LogP contribution < -0.4 is 0 Å². The molecule has 0 fully saturated rings. The Balaban J connectivity index is 1.95. The second-order valence-electron chi connectivity index (χ2n) is 5.82. The van der Waals surface area contributed by atoms with Gasteiger partial charge in [-0.1, -0.05) is 11.8 Å². The van der Waals surface area contributed by atoms with E-state index in [1.807, 2.05) is 6.26 Å². The number of carbonyl (C=O) groups excluding carboxylic acids is 1. The van der Waals surface area contributed by atoms with Gasteiger partial charge in [0, 0.05) is 18.7 Å². The van der Waals surface area contributed by atoms with Gasteiger partial charge in [0.05, 0.1) is 17.5 Å². The summed E-state index contributed by atoms with van der Waals surface area (Å²) in [5, 5.41) is 0.453. The highest BCUT2D eigenvalue weighted by atomic mass is 32.2. The predicted octanol–water partition coefficient (Wildman–Crippen LogP) is 4.32. The van der Waals surface area contributed by atoms with Crippen LogP contribution in [0.4, 0.5) is 8.78 Å². The maximum absolute atomic E-state index is 14.1. The fraction of sp³-hybridized carbons (Fsp3) is 0.105. The third kappa shape index (κ3) is 2.91. The molecule has 27 heavy (non-hydrogen) atoms. The van der Waals surface area contributed by atoms with E-state index < -0.39 is 11.6 Å². The summed E-state index contributed by atoms with van der Waals surface area (Å²) >= 11 is 1.32. The van der Waals surface area contributed by atoms with Crippen molar-refractivity contribution in [2.75, 3.05) is 13.3 Å². The minimum atomic E-state index is -0.720. The average Bonchev–Trinajstić information content (AvgIpc) is 3.26. The monoisotopic (exact) mass is 385 g/mol. The largest absolute Gasteiger partial charge is 0.463 e. The third-order valence-corrected chi connectivity index (χ3v) is 4.75. The van der Waals surface area contributed by atoms with Crippen molar-refractivity contribution in [3.8, 4) is 11.5 Å². The molecule has 1 amide bonds. The van der Waals surface area contributed by atoms with E-state index in [9.17, 15) is 13.6 Å². The molecule has 1 aliphatic rings. The van der Waals surface area contributed by atoms with E-state index in [0.29, 0.717) is 33.6 Å². The van der Waals surface area contributed by atoms with Gasteiger partial charge in [-0.25, -0.2) is 18.7 Å². The van der Waals surface area contributed by atoms with Gasteiger partial charge >= 0.3 is 0 Å². The Morgan fingerprint density at radius 1 is 1.19 bits per heavy atom. The number of halogens is 2. The van der Waals surface area contributed by atoms with Gasteiger partial charge in [0.2, 0.25) is 0 Å². The molecular weight excluding hydrogens is 372 g/mol. The highest BCUT2D eigenvalue weighted by Gasteiger charge is 2.36. The Morgan fingerprint density at radius 3 is 2.63 bits per heavy atom.